The summed E-state index contributed by atoms with van der Waals surface area (Å²) in [4.78, 5) is 12.3. The Morgan fingerprint density at radius 1 is 1.29 bits per heavy atom. The lowest BCUT2D eigenvalue weighted by atomic mass is 10.3. The fraction of sp³-hybridized carbons (Fsp3) is 0.643. The molecule has 0 amide bonds. The molecule has 0 saturated heterocycles. The van der Waals surface area contributed by atoms with E-state index in [2.05, 4.69) is 6.92 Å². The van der Waals surface area contributed by atoms with Gasteiger partial charge >= 0.3 is 7.60 Å². The Hall–Kier alpha value is -0.550. The number of unbranched alkanes of at least 4 members (excludes halogenated alkanes) is 1. The van der Waals surface area contributed by atoms with Crippen molar-refractivity contribution < 1.29 is 22.8 Å². The maximum atomic E-state index is 12.4. The summed E-state index contributed by atoms with van der Waals surface area (Å²) in [6, 6.07) is 1.62. The maximum absolute atomic E-state index is 12.4. The summed E-state index contributed by atoms with van der Waals surface area (Å²) >= 11 is 1.75. The van der Waals surface area contributed by atoms with E-state index in [0.717, 1.165) is 18.6 Å². The van der Waals surface area contributed by atoms with Crippen LogP contribution in [0.4, 0.5) is 0 Å². The minimum Gasteiger partial charge on any atom is -0.468 e. The second-order valence-corrected chi connectivity index (χ2v) is 7.37. The van der Waals surface area contributed by atoms with Crippen molar-refractivity contribution in [2.75, 3.05) is 19.0 Å². The Bertz CT molecular complexity index is 475. The highest BCUT2D eigenvalue weighted by Gasteiger charge is 2.36. The number of carbonyl (C=O) groups excluding carboxylic acids is 1. The van der Waals surface area contributed by atoms with Gasteiger partial charge in [-0.2, -0.15) is 11.8 Å². The van der Waals surface area contributed by atoms with Crippen molar-refractivity contribution in [2.24, 2.45) is 0 Å². The molecule has 5 nitrogen and oxygen atoms in total. The summed E-state index contributed by atoms with van der Waals surface area (Å²) < 4.78 is 27.8. The molecule has 1 aromatic heterocycles. The van der Waals surface area contributed by atoms with Gasteiger partial charge in [-0.05, 0) is 32.1 Å². The average Bonchev–Trinajstić information content (AvgIpc) is 2.92. The minimum atomic E-state index is -3.76. The van der Waals surface area contributed by atoms with E-state index >= 15 is 0 Å². The lowest BCUT2D eigenvalue weighted by Crippen LogP contribution is -2.06. The average molecular weight is 334 g/mol. The van der Waals surface area contributed by atoms with Gasteiger partial charge in [-0.1, -0.05) is 13.3 Å². The van der Waals surface area contributed by atoms with Gasteiger partial charge in [0, 0.05) is 0 Å². The number of hydrogen-bond acceptors (Lipinski definition) is 6. The van der Waals surface area contributed by atoms with E-state index in [-0.39, 0.29) is 18.8 Å². The third-order valence-corrected chi connectivity index (χ3v) is 5.65. The van der Waals surface area contributed by atoms with Crippen LogP contribution in [0.3, 0.4) is 0 Å². The molecule has 1 rings (SSSR count). The second kappa shape index (κ2) is 9.46. The topological polar surface area (TPSA) is 65.7 Å². The van der Waals surface area contributed by atoms with Gasteiger partial charge in [-0.3, -0.25) is 9.36 Å². The fourth-order valence-electron chi connectivity index (χ4n) is 1.64. The van der Waals surface area contributed by atoms with E-state index in [1.165, 1.54) is 6.26 Å². The van der Waals surface area contributed by atoms with Crippen molar-refractivity contribution in [3.05, 3.63) is 23.7 Å². The van der Waals surface area contributed by atoms with Crippen LogP contribution in [0.2, 0.25) is 0 Å². The summed E-state index contributed by atoms with van der Waals surface area (Å²) in [6.07, 6.45) is 3.63. The largest absolute Gasteiger partial charge is 0.468 e. The van der Waals surface area contributed by atoms with Gasteiger partial charge in [0.2, 0.25) is 0 Å². The van der Waals surface area contributed by atoms with Crippen LogP contribution in [0.25, 0.3) is 0 Å². The van der Waals surface area contributed by atoms with E-state index in [4.69, 9.17) is 13.5 Å². The van der Waals surface area contributed by atoms with Gasteiger partial charge in [0.1, 0.15) is 12.0 Å². The summed E-state index contributed by atoms with van der Waals surface area (Å²) in [5.41, 5.74) is -0.397. The van der Waals surface area contributed by atoms with E-state index in [0.29, 0.717) is 11.5 Å². The van der Waals surface area contributed by atoms with Gasteiger partial charge in [0.05, 0.1) is 24.5 Å². The van der Waals surface area contributed by atoms with Crippen LogP contribution in [0.15, 0.2) is 16.7 Å². The van der Waals surface area contributed by atoms with Crippen LogP contribution in [0.5, 0.6) is 0 Å². The normalized spacial score (nSPS) is 11.8. The maximum Gasteiger partial charge on any atom is 0.401 e. The van der Waals surface area contributed by atoms with Gasteiger partial charge in [0.15, 0.2) is 0 Å². The van der Waals surface area contributed by atoms with Crippen molar-refractivity contribution in [3.63, 3.8) is 0 Å². The molecule has 0 aliphatic heterocycles. The molecule has 0 N–H and O–H groups in total. The molecule has 0 aromatic carbocycles. The molecule has 0 atom stereocenters. The highest BCUT2D eigenvalue weighted by Crippen LogP contribution is 2.51. The Morgan fingerprint density at radius 3 is 2.52 bits per heavy atom. The standard InChI is InChI=1S/C14H23O5PS/c1-4-7-8-21-11-13-9-12(10-17-13)14(15)20(16,18-5-2)19-6-3/h9-10H,4-8,11H2,1-3H3. The molecule has 1 aromatic rings. The molecule has 120 valence electrons. The summed E-state index contributed by atoms with van der Waals surface area (Å²) in [6.45, 7) is 5.79. The van der Waals surface area contributed by atoms with Crippen LogP contribution in [0.1, 0.15) is 49.7 Å². The van der Waals surface area contributed by atoms with Crippen molar-refractivity contribution in [1.29, 1.82) is 0 Å². The number of furan rings is 1. The first-order valence-corrected chi connectivity index (χ1v) is 9.86. The second-order valence-electron chi connectivity index (χ2n) is 4.35. The van der Waals surface area contributed by atoms with E-state index < -0.39 is 13.1 Å². The lowest BCUT2D eigenvalue weighted by Gasteiger charge is -2.14. The third kappa shape index (κ3) is 5.62. The first-order valence-electron chi connectivity index (χ1n) is 7.16. The van der Waals surface area contributed by atoms with E-state index in [1.807, 2.05) is 0 Å². The smallest absolute Gasteiger partial charge is 0.401 e. The van der Waals surface area contributed by atoms with E-state index in [9.17, 15) is 9.36 Å². The van der Waals surface area contributed by atoms with Gasteiger partial charge in [-0.15, -0.1) is 0 Å². The molecule has 21 heavy (non-hydrogen) atoms. The molecule has 0 unspecified atom stereocenters. The minimum absolute atomic E-state index is 0.153. The predicted octanol–water partition coefficient (Wildman–Crippen LogP) is 4.72. The number of hydrogen-bond donors (Lipinski definition) is 0. The molecule has 0 aliphatic carbocycles. The quantitative estimate of drug-likeness (QED) is 0.431. The molecule has 0 radical (unpaired) electrons. The molecular formula is C14H23O5PS. The highest BCUT2D eigenvalue weighted by molar-refractivity contribution is 7.98. The number of thioether (sulfide) groups is 1. The molecular weight excluding hydrogens is 311 g/mol. The molecule has 0 aliphatic rings. The Kier molecular flexibility index (Phi) is 8.34. The summed E-state index contributed by atoms with van der Waals surface area (Å²) in [5, 5.41) is 0. The molecule has 0 bridgehead atoms. The fourth-order valence-corrected chi connectivity index (χ4v) is 4.05. The first-order chi connectivity index (χ1) is 10.1. The van der Waals surface area contributed by atoms with Crippen molar-refractivity contribution in [1.82, 2.24) is 0 Å². The van der Waals surface area contributed by atoms with Crippen molar-refractivity contribution in [3.8, 4) is 0 Å². The predicted molar refractivity (Wildman–Crippen MR) is 85.0 cm³/mol. The van der Waals surface area contributed by atoms with Crippen molar-refractivity contribution >= 4 is 24.9 Å². The van der Waals surface area contributed by atoms with Crippen LogP contribution in [0, 0.1) is 0 Å². The molecule has 0 fully saturated rings. The summed E-state index contributed by atoms with van der Waals surface area (Å²) in [5.74, 6) is 2.44. The summed E-state index contributed by atoms with van der Waals surface area (Å²) in [7, 11) is -3.76. The third-order valence-electron chi connectivity index (χ3n) is 2.63. The molecule has 0 spiro atoms. The Morgan fingerprint density at radius 2 is 1.95 bits per heavy atom. The van der Waals surface area contributed by atoms with Crippen LogP contribution in [-0.2, 0) is 19.4 Å². The number of rotatable bonds is 11. The Balaban J connectivity index is 2.69. The SMILES string of the molecule is CCCCSCc1cc(C(=O)P(=O)(OCC)OCC)co1. The van der Waals surface area contributed by atoms with Crippen LogP contribution < -0.4 is 0 Å². The van der Waals surface area contributed by atoms with E-state index in [1.54, 1.807) is 31.7 Å². The van der Waals surface area contributed by atoms with Crippen LogP contribution >= 0.6 is 19.4 Å². The molecule has 1 heterocycles. The lowest BCUT2D eigenvalue weighted by molar-refractivity contribution is 0.100. The molecule has 7 heteroatoms. The van der Waals surface area contributed by atoms with Gasteiger partial charge < -0.3 is 13.5 Å². The zero-order valence-corrected chi connectivity index (χ0v) is 14.5. The number of carbonyl (C=O) groups is 1. The first kappa shape index (κ1) is 18.5. The highest BCUT2D eigenvalue weighted by atomic mass is 32.2. The Labute approximate surface area is 130 Å². The zero-order valence-electron chi connectivity index (χ0n) is 12.8. The monoisotopic (exact) mass is 334 g/mol. The van der Waals surface area contributed by atoms with Crippen LogP contribution in [-0.4, -0.2) is 24.5 Å². The van der Waals surface area contributed by atoms with Gasteiger partial charge in [-0.25, -0.2) is 0 Å². The van der Waals surface area contributed by atoms with Gasteiger partial charge in [0.25, 0.3) is 5.52 Å². The zero-order chi connectivity index (χ0) is 15.7. The van der Waals surface area contributed by atoms with Crippen molar-refractivity contribution in [2.45, 2.75) is 39.4 Å². The molecule has 0 saturated carbocycles.